The molecular formula is C21H22BrN3O4S. The zero-order chi connectivity index (χ0) is 21.3. The highest BCUT2D eigenvalue weighted by Gasteiger charge is 2.33. The monoisotopic (exact) mass is 491 g/mol. The highest BCUT2D eigenvalue weighted by atomic mass is 79.9. The standard InChI is InChI=1S/C21H22BrN3O4S/c1-2-25-20(27)18(30-21(25)28)8-13-11-24(17-6-5-14(22)9-16(13)17)12-19(26)23-10-15-4-3-7-29-15/h5-6,8-9,11,15H,2-4,7,10,12H2,1H3,(H,23,26)/b18-8-/t15-/m0/s1. The Kier molecular flexibility index (Phi) is 6.31. The van der Waals surface area contributed by atoms with Gasteiger partial charge in [-0.25, -0.2) is 0 Å². The maximum absolute atomic E-state index is 12.5. The first-order valence-electron chi connectivity index (χ1n) is 9.88. The van der Waals surface area contributed by atoms with E-state index in [-0.39, 0.29) is 29.7 Å². The fraction of sp³-hybridized carbons (Fsp3) is 0.381. The second-order valence-corrected chi connectivity index (χ2v) is 9.15. The zero-order valence-corrected chi connectivity index (χ0v) is 18.9. The first-order chi connectivity index (χ1) is 14.5. The molecular weight excluding hydrogens is 470 g/mol. The Morgan fingerprint density at radius 1 is 1.40 bits per heavy atom. The van der Waals surface area contributed by atoms with Crippen molar-refractivity contribution < 1.29 is 19.1 Å². The Bertz CT molecular complexity index is 1040. The third-order valence-electron chi connectivity index (χ3n) is 5.22. The summed E-state index contributed by atoms with van der Waals surface area (Å²) in [6.07, 6.45) is 5.68. The molecule has 2 aliphatic rings. The number of hydrogen-bond donors (Lipinski definition) is 1. The van der Waals surface area contributed by atoms with Crippen LogP contribution in [-0.2, 0) is 20.9 Å². The van der Waals surface area contributed by atoms with E-state index in [1.807, 2.05) is 29.0 Å². The molecule has 4 rings (SSSR count). The number of amides is 3. The van der Waals surface area contributed by atoms with Crippen molar-refractivity contribution in [3.8, 4) is 0 Å². The number of carbonyl (C=O) groups is 3. The molecule has 0 spiro atoms. The number of rotatable bonds is 6. The van der Waals surface area contributed by atoms with Gasteiger partial charge >= 0.3 is 0 Å². The number of hydrogen-bond acceptors (Lipinski definition) is 5. The smallest absolute Gasteiger partial charge is 0.293 e. The minimum absolute atomic E-state index is 0.0936. The van der Waals surface area contributed by atoms with Gasteiger partial charge in [0.1, 0.15) is 6.54 Å². The first-order valence-corrected chi connectivity index (χ1v) is 11.5. The van der Waals surface area contributed by atoms with Gasteiger partial charge in [-0.15, -0.1) is 0 Å². The molecule has 1 aromatic heterocycles. The van der Waals surface area contributed by atoms with E-state index < -0.39 is 0 Å². The second-order valence-electron chi connectivity index (χ2n) is 7.24. The number of carbonyl (C=O) groups excluding carboxylic acids is 3. The topological polar surface area (TPSA) is 80.6 Å². The molecule has 2 aromatic rings. The maximum Gasteiger partial charge on any atom is 0.293 e. The average molecular weight is 492 g/mol. The van der Waals surface area contributed by atoms with E-state index in [1.165, 1.54) is 4.90 Å². The first kappa shape index (κ1) is 21.1. The van der Waals surface area contributed by atoms with E-state index in [0.29, 0.717) is 18.0 Å². The molecule has 30 heavy (non-hydrogen) atoms. The number of halogens is 1. The molecule has 0 bridgehead atoms. The van der Waals surface area contributed by atoms with Crippen LogP contribution < -0.4 is 5.32 Å². The number of ether oxygens (including phenoxy) is 1. The fourth-order valence-corrected chi connectivity index (χ4v) is 4.96. The minimum atomic E-state index is -0.280. The van der Waals surface area contributed by atoms with E-state index in [1.54, 1.807) is 13.0 Å². The molecule has 1 N–H and O–H groups in total. The van der Waals surface area contributed by atoms with Gasteiger partial charge in [0.2, 0.25) is 5.91 Å². The van der Waals surface area contributed by atoms with Crippen LogP contribution in [0.2, 0.25) is 0 Å². The van der Waals surface area contributed by atoms with Gasteiger partial charge in [-0.1, -0.05) is 15.9 Å². The molecule has 0 radical (unpaired) electrons. The van der Waals surface area contributed by atoms with Crippen LogP contribution in [0.4, 0.5) is 4.79 Å². The molecule has 0 aliphatic carbocycles. The van der Waals surface area contributed by atoms with Crippen molar-refractivity contribution in [3.05, 3.63) is 39.3 Å². The van der Waals surface area contributed by atoms with Gasteiger partial charge in [0.25, 0.3) is 11.1 Å². The average Bonchev–Trinajstić information content (AvgIpc) is 3.41. The molecule has 9 heteroatoms. The van der Waals surface area contributed by atoms with Gasteiger partial charge in [-0.05, 0) is 55.8 Å². The van der Waals surface area contributed by atoms with Crippen molar-refractivity contribution in [2.45, 2.75) is 32.4 Å². The summed E-state index contributed by atoms with van der Waals surface area (Å²) in [7, 11) is 0. The Balaban J connectivity index is 1.59. The minimum Gasteiger partial charge on any atom is -0.376 e. The van der Waals surface area contributed by atoms with Crippen molar-refractivity contribution in [1.82, 2.24) is 14.8 Å². The van der Waals surface area contributed by atoms with E-state index in [2.05, 4.69) is 21.2 Å². The number of nitrogens with zero attached hydrogens (tertiary/aromatic N) is 2. The van der Waals surface area contributed by atoms with Crippen LogP contribution in [0, 0.1) is 0 Å². The van der Waals surface area contributed by atoms with Gasteiger partial charge in [0.15, 0.2) is 0 Å². The van der Waals surface area contributed by atoms with E-state index in [4.69, 9.17) is 4.74 Å². The Morgan fingerprint density at radius 3 is 2.93 bits per heavy atom. The van der Waals surface area contributed by atoms with Crippen LogP contribution in [0.5, 0.6) is 0 Å². The summed E-state index contributed by atoms with van der Waals surface area (Å²) in [5.74, 6) is -0.374. The van der Waals surface area contributed by atoms with Gasteiger partial charge in [0.05, 0.1) is 11.0 Å². The summed E-state index contributed by atoms with van der Waals surface area (Å²) >= 11 is 4.43. The quantitative estimate of drug-likeness (QED) is 0.622. The molecule has 158 valence electrons. The van der Waals surface area contributed by atoms with Crippen molar-refractivity contribution >= 4 is 61.7 Å². The largest absolute Gasteiger partial charge is 0.376 e. The van der Waals surface area contributed by atoms with E-state index in [0.717, 1.165) is 52.1 Å². The molecule has 1 atom stereocenters. The lowest BCUT2D eigenvalue weighted by atomic mass is 10.1. The third-order valence-corrected chi connectivity index (χ3v) is 6.62. The van der Waals surface area contributed by atoms with E-state index >= 15 is 0 Å². The Hall–Kier alpha value is -2.10. The Morgan fingerprint density at radius 2 is 2.23 bits per heavy atom. The number of likely N-dealkylation sites (N-methyl/N-ethyl adjacent to an activating group) is 1. The van der Waals surface area contributed by atoms with Crippen LogP contribution in [0.25, 0.3) is 17.0 Å². The summed E-state index contributed by atoms with van der Waals surface area (Å²) in [5, 5.41) is 3.58. The van der Waals surface area contributed by atoms with Gasteiger partial charge in [-0.2, -0.15) is 0 Å². The normalized spacial score (nSPS) is 20.7. The number of fused-ring (bicyclic) bond motifs is 1. The second kappa shape index (κ2) is 8.95. The van der Waals surface area contributed by atoms with Crippen molar-refractivity contribution in [3.63, 3.8) is 0 Å². The molecule has 2 saturated heterocycles. The highest BCUT2D eigenvalue weighted by molar-refractivity contribution is 9.10. The van der Waals surface area contributed by atoms with Crippen LogP contribution in [0.15, 0.2) is 33.8 Å². The molecule has 2 fully saturated rings. The SMILES string of the molecule is CCN1C(=O)S/C(=C\c2cn(CC(=O)NC[C@@H]3CCCO3)c3ccc(Br)cc23)C1=O. The summed E-state index contributed by atoms with van der Waals surface area (Å²) in [6, 6.07) is 5.80. The number of benzene rings is 1. The van der Waals surface area contributed by atoms with Gasteiger partial charge in [-0.3, -0.25) is 19.3 Å². The summed E-state index contributed by atoms with van der Waals surface area (Å²) in [5.41, 5.74) is 1.67. The number of thioether (sulfide) groups is 1. The third kappa shape index (κ3) is 4.33. The molecule has 2 aliphatic heterocycles. The van der Waals surface area contributed by atoms with Gasteiger partial charge < -0.3 is 14.6 Å². The molecule has 3 heterocycles. The van der Waals surface area contributed by atoms with Crippen LogP contribution in [0.1, 0.15) is 25.3 Å². The predicted molar refractivity (Wildman–Crippen MR) is 120 cm³/mol. The fourth-order valence-electron chi connectivity index (χ4n) is 3.70. The molecule has 0 saturated carbocycles. The highest BCUT2D eigenvalue weighted by Crippen LogP contribution is 2.34. The molecule has 1 aromatic carbocycles. The van der Waals surface area contributed by atoms with E-state index in [9.17, 15) is 14.4 Å². The molecule has 3 amide bonds. The van der Waals surface area contributed by atoms with Gasteiger partial charge in [0, 0.05) is 46.8 Å². The van der Waals surface area contributed by atoms with Crippen molar-refractivity contribution in [2.75, 3.05) is 19.7 Å². The number of aromatic nitrogens is 1. The maximum atomic E-state index is 12.5. The Labute approximate surface area is 186 Å². The summed E-state index contributed by atoms with van der Waals surface area (Å²) in [4.78, 5) is 38.6. The number of nitrogens with one attached hydrogen (secondary N) is 1. The van der Waals surface area contributed by atoms with Crippen molar-refractivity contribution in [2.24, 2.45) is 0 Å². The lowest BCUT2D eigenvalue weighted by molar-refractivity contribution is -0.123. The molecule has 7 nitrogen and oxygen atoms in total. The summed E-state index contributed by atoms with van der Waals surface area (Å²) < 4.78 is 8.31. The zero-order valence-electron chi connectivity index (χ0n) is 16.5. The van der Waals surface area contributed by atoms with Crippen LogP contribution in [-0.4, -0.2) is 52.3 Å². The number of imide groups is 1. The van der Waals surface area contributed by atoms with Crippen molar-refractivity contribution in [1.29, 1.82) is 0 Å². The summed E-state index contributed by atoms with van der Waals surface area (Å²) in [6.45, 7) is 3.55. The van der Waals surface area contributed by atoms with Crippen LogP contribution in [0.3, 0.4) is 0 Å². The lowest BCUT2D eigenvalue weighted by Gasteiger charge is -2.11. The lowest BCUT2D eigenvalue weighted by Crippen LogP contribution is -2.34. The molecule has 0 unspecified atom stereocenters. The predicted octanol–water partition coefficient (Wildman–Crippen LogP) is 3.76. The van der Waals surface area contributed by atoms with Crippen LogP contribution >= 0.6 is 27.7 Å².